The number of primary amides is 1. The van der Waals surface area contributed by atoms with Crippen molar-refractivity contribution in [3.8, 4) is 0 Å². The Bertz CT molecular complexity index is 197. The highest BCUT2D eigenvalue weighted by Crippen LogP contribution is 2.07. The molecule has 0 saturated carbocycles. The van der Waals surface area contributed by atoms with E-state index in [0.29, 0.717) is 13.2 Å². The molecule has 0 bridgehead atoms. The Morgan fingerprint density at radius 3 is 2.93 bits per heavy atom. The summed E-state index contributed by atoms with van der Waals surface area (Å²) >= 11 is 0. The van der Waals surface area contributed by atoms with Gasteiger partial charge in [-0.05, 0) is 13.0 Å². The first-order valence-corrected chi connectivity index (χ1v) is 5.87. The van der Waals surface area contributed by atoms with E-state index in [2.05, 4.69) is 11.8 Å². The Kier molecular flexibility index (Phi) is 5.65. The number of carbonyl (C=O) groups is 1. The third-order valence-electron chi connectivity index (χ3n) is 2.80. The van der Waals surface area contributed by atoms with Crippen LogP contribution in [0.3, 0.4) is 0 Å². The van der Waals surface area contributed by atoms with Gasteiger partial charge in [0, 0.05) is 13.1 Å². The molecule has 0 aliphatic carbocycles. The molecule has 0 unspecified atom stereocenters. The SMILES string of the molecule is CCCCCCN1CCO[C@H](C(N)=O)C1. The number of hydrogen-bond acceptors (Lipinski definition) is 3. The molecule has 1 aliphatic rings. The van der Waals surface area contributed by atoms with E-state index in [0.717, 1.165) is 13.1 Å². The molecule has 1 aliphatic heterocycles. The van der Waals surface area contributed by atoms with Crippen molar-refractivity contribution in [1.82, 2.24) is 4.90 Å². The zero-order valence-electron chi connectivity index (χ0n) is 9.58. The Labute approximate surface area is 91.8 Å². The number of carbonyl (C=O) groups excluding carboxylic acids is 1. The zero-order chi connectivity index (χ0) is 11.1. The number of nitrogens with zero attached hydrogens (tertiary/aromatic N) is 1. The second kappa shape index (κ2) is 6.80. The molecule has 2 N–H and O–H groups in total. The van der Waals surface area contributed by atoms with Gasteiger partial charge in [0.05, 0.1) is 6.61 Å². The highest BCUT2D eigenvalue weighted by Gasteiger charge is 2.23. The third kappa shape index (κ3) is 4.62. The molecule has 1 heterocycles. The van der Waals surface area contributed by atoms with Gasteiger partial charge in [0.15, 0.2) is 0 Å². The van der Waals surface area contributed by atoms with Gasteiger partial charge in [-0.15, -0.1) is 0 Å². The van der Waals surface area contributed by atoms with Gasteiger partial charge in [0.25, 0.3) is 0 Å². The van der Waals surface area contributed by atoms with Crippen molar-refractivity contribution in [3.63, 3.8) is 0 Å². The number of unbranched alkanes of at least 4 members (excludes halogenated alkanes) is 3. The Balaban J connectivity index is 2.15. The maximum Gasteiger partial charge on any atom is 0.247 e. The first-order chi connectivity index (χ1) is 7.24. The Morgan fingerprint density at radius 2 is 2.27 bits per heavy atom. The molecule has 1 amide bonds. The molecule has 0 aromatic carbocycles. The summed E-state index contributed by atoms with van der Waals surface area (Å²) in [7, 11) is 0. The molecule has 4 nitrogen and oxygen atoms in total. The first-order valence-electron chi connectivity index (χ1n) is 5.87. The molecular weight excluding hydrogens is 192 g/mol. The summed E-state index contributed by atoms with van der Waals surface area (Å²) in [6.07, 6.45) is 4.63. The average molecular weight is 214 g/mol. The quantitative estimate of drug-likeness (QED) is 0.664. The van der Waals surface area contributed by atoms with Gasteiger partial charge in [-0.1, -0.05) is 26.2 Å². The van der Waals surface area contributed by atoms with E-state index in [9.17, 15) is 4.79 Å². The number of rotatable bonds is 6. The molecule has 1 atom stereocenters. The van der Waals surface area contributed by atoms with Crippen molar-refractivity contribution < 1.29 is 9.53 Å². The van der Waals surface area contributed by atoms with Crippen molar-refractivity contribution in [2.24, 2.45) is 5.73 Å². The second-order valence-electron chi connectivity index (χ2n) is 4.12. The predicted molar refractivity (Wildman–Crippen MR) is 59.5 cm³/mol. The van der Waals surface area contributed by atoms with Crippen LogP contribution in [-0.4, -0.2) is 43.2 Å². The Hall–Kier alpha value is -0.610. The van der Waals surface area contributed by atoms with E-state index in [1.54, 1.807) is 0 Å². The van der Waals surface area contributed by atoms with Crippen LogP contribution >= 0.6 is 0 Å². The van der Waals surface area contributed by atoms with Crippen molar-refractivity contribution in [1.29, 1.82) is 0 Å². The van der Waals surface area contributed by atoms with Crippen molar-refractivity contribution in [3.05, 3.63) is 0 Å². The Morgan fingerprint density at radius 1 is 1.47 bits per heavy atom. The molecule has 0 aromatic heterocycles. The van der Waals surface area contributed by atoms with Crippen LogP contribution in [0.15, 0.2) is 0 Å². The van der Waals surface area contributed by atoms with Gasteiger partial charge in [-0.3, -0.25) is 9.69 Å². The summed E-state index contributed by atoms with van der Waals surface area (Å²) in [6, 6.07) is 0. The molecule has 1 saturated heterocycles. The van der Waals surface area contributed by atoms with Gasteiger partial charge in [0.2, 0.25) is 5.91 Å². The number of amides is 1. The van der Waals surface area contributed by atoms with Crippen LogP contribution in [0, 0.1) is 0 Å². The summed E-state index contributed by atoms with van der Waals surface area (Å²) in [4.78, 5) is 13.2. The topological polar surface area (TPSA) is 55.6 Å². The maximum atomic E-state index is 10.9. The van der Waals surface area contributed by atoms with E-state index in [4.69, 9.17) is 10.5 Å². The molecule has 88 valence electrons. The largest absolute Gasteiger partial charge is 0.367 e. The monoisotopic (exact) mass is 214 g/mol. The van der Waals surface area contributed by atoms with E-state index in [1.165, 1.54) is 25.7 Å². The van der Waals surface area contributed by atoms with Crippen LogP contribution in [0.2, 0.25) is 0 Å². The fraction of sp³-hybridized carbons (Fsp3) is 0.909. The van der Waals surface area contributed by atoms with E-state index in [-0.39, 0.29) is 5.91 Å². The zero-order valence-corrected chi connectivity index (χ0v) is 9.58. The molecule has 1 fully saturated rings. The van der Waals surface area contributed by atoms with Crippen LogP contribution in [0.5, 0.6) is 0 Å². The lowest BCUT2D eigenvalue weighted by atomic mass is 10.2. The molecule has 1 rings (SSSR count). The summed E-state index contributed by atoms with van der Waals surface area (Å²) in [5.41, 5.74) is 5.22. The molecular formula is C11H22N2O2. The smallest absolute Gasteiger partial charge is 0.247 e. The number of nitrogens with two attached hydrogens (primary N) is 1. The lowest BCUT2D eigenvalue weighted by Crippen LogP contribution is -2.48. The predicted octanol–water partition coefficient (Wildman–Crippen LogP) is 0.753. The average Bonchev–Trinajstić information content (AvgIpc) is 2.25. The number of morpholine rings is 1. The summed E-state index contributed by atoms with van der Waals surface area (Å²) in [5, 5.41) is 0. The summed E-state index contributed by atoms with van der Waals surface area (Å²) in [5.74, 6) is -0.340. The molecule has 4 heteroatoms. The van der Waals surface area contributed by atoms with E-state index >= 15 is 0 Å². The highest BCUT2D eigenvalue weighted by molar-refractivity contribution is 5.79. The van der Waals surface area contributed by atoms with Gasteiger partial charge in [0.1, 0.15) is 6.10 Å². The van der Waals surface area contributed by atoms with Gasteiger partial charge < -0.3 is 10.5 Å². The van der Waals surface area contributed by atoms with Gasteiger partial charge in [-0.2, -0.15) is 0 Å². The standard InChI is InChI=1S/C11H22N2O2/c1-2-3-4-5-6-13-7-8-15-10(9-13)11(12)14/h10H,2-9H2,1H3,(H2,12,14)/t10-/m0/s1. The van der Waals surface area contributed by atoms with Crippen LogP contribution in [0.4, 0.5) is 0 Å². The van der Waals surface area contributed by atoms with E-state index < -0.39 is 6.10 Å². The number of ether oxygens (including phenoxy) is 1. The fourth-order valence-corrected chi connectivity index (χ4v) is 1.84. The third-order valence-corrected chi connectivity index (χ3v) is 2.80. The molecule has 0 spiro atoms. The lowest BCUT2D eigenvalue weighted by molar-refractivity contribution is -0.135. The number of hydrogen-bond donors (Lipinski definition) is 1. The van der Waals surface area contributed by atoms with Crippen molar-refractivity contribution in [2.45, 2.75) is 38.7 Å². The van der Waals surface area contributed by atoms with Crippen molar-refractivity contribution in [2.75, 3.05) is 26.2 Å². The minimum Gasteiger partial charge on any atom is -0.367 e. The van der Waals surface area contributed by atoms with Crippen LogP contribution < -0.4 is 5.73 Å². The van der Waals surface area contributed by atoms with Crippen LogP contribution in [0.1, 0.15) is 32.6 Å². The first kappa shape index (κ1) is 12.5. The van der Waals surface area contributed by atoms with Crippen LogP contribution in [-0.2, 0) is 9.53 Å². The minimum absolute atomic E-state index is 0.340. The van der Waals surface area contributed by atoms with Gasteiger partial charge in [-0.25, -0.2) is 0 Å². The molecule has 0 radical (unpaired) electrons. The van der Waals surface area contributed by atoms with E-state index in [1.807, 2.05) is 0 Å². The van der Waals surface area contributed by atoms with Crippen LogP contribution in [0.25, 0.3) is 0 Å². The molecule has 0 aromatic rings. The van der Waals surface area contributed by atoms with Gasteiger partial charge >= 0.3 is 0 Å². The summed E-state index contributed by atoms with van der Waals surface area (Å²) < 4.78 is 5.28. The van der Waals surface area contributed by atoms with Crippen molar-refractivity contribution >= 4 is 5.91 Å². The second-order valence-corrected chi connectivity index (χ2v) is 4.12. The maximum absolute atomic E-state index is 10.9. The summed E-state index contributed by atoms with van der Waals surface area (Å²) in [6.45, 7) is 5.49. The normalized spacial score (nSPS) is 22.9. The lowest BCUT2D eigenvalue weighted by Gasteiger charge is -2.31. The molecule has 15 heavy (non-hydrogen) atoms. The minimum atomic E-state index is -0.398. The fourth-order valence-electron chi connectivity index (χ4n) is 1.84. The highest BCUT2D eigenvalue weighted by atomic mass is 16.5.